The van der Waals surface area contributed by atoms with Crippen LogP contribution in [0.25, 0.3) is 0 Å². The zero-order valence-electron chi connectivity index (χ0n) is 11.0. The summed E-state index contributed by atoms with van der Waals surface area (Å²) in [4.78, 5) is 12.2. The molecule has 0 atom stereocenters. The van der Waals surface area contributed by atoms with Gasteiger partial charge < -0.3 is 11.1 Å². The molecule has 0 aromatic heterocycles. The Morgan fingerprint density at radius 3 is 2.68 bits per heavy atom. The largest absolute Gasteiger partial charge is 0.326 e. The maximum atomic E-state index is 12.2. The molecule has 2 aromatic carbocycles. The molecule has 2 rings (SSSR count). The lowest BCUT2D eigenvalue weighted by Crippen LogP contribution is -2.13. The average Bonchev–Trinajstić information content (AvgIpc) is 2.47. The van der Waals surface area contributed by atoms with Crippen molar-refractivity contribution in [2.24, 2.45) is 5.73 Å². The van der Waals surface area contributed by atoms with Crippen LogP contribution in [-0.2, 0) is 13.0 Å². The second-order valence-electron chi connectivity index (χ2n) is 4.37. The van der Waals surface area contributed by atoms with Gasteiger partial charge in [0, 0.05) is 17.8 Å². The normalized spacial score (nSPS) is 10.2. The van der Waals surface area contributed by atoms with Crippen LogP contribution in [0.15, 0.2) is 48.5 Å². The van der Waals surface area contributed by atoms with Crippen molar-refractivity contribution in [3.63, 3.8) is 0 Å². The smallest absolute Gasteiger partial charge is 0.255 e. The molecule has 0 aliphatic rings. The first-order valence-corrected chi connectivity index (χ1v) is 6.43. The summed E-state index contributed by atoms with van der Waals surface area (Å²) in [5.41, 5.74) is 9.17. The Hall–Kier alpha value is -2.13. The third kappa shape index (κ3) is 3.20. The van der Waals surface area contributed by atoms with Gasteiger partial charge in [-0.05, 0) is 35.7 Å². The molecule has 3 N–H and O–H groups in total. The van der Waals surface area contributed by atoms with Gasteiger partial charge in [-0.1, -0.05) is 37.3 Å². The van der Waals surface area contributed by atoms with E-state index in [-0.39, 0.29) is 5.91 Å². The number of carbonyl (C=O) groups excluding carboxylic acids is 1. The molecule has 98 valence electrons. The number of carbonyl (C=O) groups is 1. The van der Waals surface area contributed by atoms with Gasteiger partial charge in [-0.25, -0.2) is 0 Å². The van der Waals surface area contributed by atoms with E-state index >= 15 is 0 Å². The molecule has 1 amide bonds. The number of anilines is 1. The molecule has 0 saturated carbocycles. The van der Waals surface area contributed by atoms with Crippen LogP contribution in [0.4, 0.5) is 5.69 Å². The molecule has 3 heteroatoms. The maximum absolute atomic E-state index is 12.2. The molecule has 0 aliphatic heterocycles. The van der Waals surface area contributed by atoms with Crippen molar-refractivity contribution in [2.45, 2.75) is 19.9 Å². The van der Waals surface area contributed by atoms with E-state index in [0.717, 1.165) is 23.2 Å². The summed E-state index contributed by atoms with van der Waals surface area (Å²) < 4.78 is 0. The quantitative estimate of drug-likeness (QED) is 0.881. The second-order valence-corrected chi connectivity index (χ2v) is 4.37. The lowest BCUT2D eigenvalue weighted by molar-refractivity contribution is 0.102. The second kappa shape index (κ2) is 6.16. The maximum Gasteiger partial charge on any atom is 0.255 e. The first-order valence-electron chi connectivity index (χ1n) is 6.43. The summed E-state index contributed by atoms with van der Waals surface area (Å²) >= 11 is 0. The molecule has 0 saturated heterocycles. The molecule has 0 aliphatic carbocycles. The van der Waals surface area contributed by atoms with Gasteiger partial charge in [0.1, 0.15) is 0 Å². The van der Waals surface area contributed by atoms with Crippen molar-refractivity contribution < 1.29 is 4.79 Å². The lowest BCUT2D eigenvalue weighted by Gasteiger charge is -2.10. The lowest BCUT2D eigenvalue weighted by atomic mass is 10.1. The molecule has 0 unspecified atom stereocenters. The monoisotopic (exact) mass is 254 g/mol. The van der Waals surface area contributed by atoms with E-state index in [4.69, 9.17) is 5.73 Å². The number of benzene rings is 2. The van der Waals surface area contributed by atoms with E-state index in [1.807, 2.05) is 42.5 Å². The Labute approximate surface area is 113 Å². The van der Waals surface area contributed by atoms with Crippen molar-refractivity contribution in [3.8, 4) is 0 Å². The molecule has 0 spiro atoms. The number of nitrogens with two attached hydrogens (primary N) is 1. The van der Waals surface area contributed by atoms with Gasteiger partial charge in [0.15, 0.2) is 0 Å². The molecular weight excluding hydrogens is 236 g/mol. The van der Waals surface area contributed by atoms with Crippen LogP contribution in [-0.4, -0.2) is 5.91 Å². The molecule has 19 heavy (non-hydrogen) atoms. The van der Waals surface area contributed by atoms with Gasteiger partial charge in [-0.15, -0.1) is 0 Å². The first-order chi connectivity index (χ1) is 9.24. The van der Waals surface area contributed by atoms with Gasteiger partial charge in [0.25, 0.3) is 5.91 Å². The number of hydrogen-bond donors (Lipinski definition) is 2. The minimum atomic E-state index is -0.101. The standard InChI is InChI=1S/C16H18N2O/c1-2-13-7-3-4-9-15(13)18-16(19)14-8-5-6-12(10-14)11-17/h3-10H,2,11,17H2,1H3,(H,18,19). The summed E-state index contributed by atoms with van der Waals surface area (Å²) in [5, 5.41) is 2.95. The van der Waals surface area contributed by atoms with E-state index in [1.165, 1.54) is 0 Å². The van der Waals surface area contributed by atoms with E-state index in [9.17, 15) is 4.79 Å². The van der Waals surface area contributed by atoms with Gasteiger partial charge in [-0.3, -0.25) is 4.79 Å². The highest BCUT2D eigenvalue weighted by Crippen LogP contribution is 2.17. The zero-order valence-corrected chi connectivity index (χ0v) is 11.0. The molecule has 0 fully saturated rings. The third-order valence-electron chi connectivity index (χ3n) is 3.07. The van der Waals surface area contributed by atoms with Crippen molar-refractivity contribution in [1.29, 1.82) is 0 Å². The minimum Gasteiger partial charge on any atom is -0.326 e. The Morgan fingerprint density at radius 1 is 1.16 bits per heavy atom. The fraction of sp³-hybridized carbons (Fsp3) is 0.188. The highest BCUT2D eigenvalue weighted by Gasteiger charge is 2.08. The summed E-state index contributed by atoms with van der Waals surface area (Å²) in [6.45, 7) is 2.51. The summed E-state index contributed by atoms with van der Waals surface area (Å²) in [6, 6.07) is 15.2. The van der Waals surface area contributed by atoms with Crippen LogP contribution < -0.4 is 11.1 Å². The van der Waals surface area contributed by atoms with Crippen LogP contribution >= 0.6 is 0 Å². The zero-order chi connectivity index (χ0) is 13.7. The highest BCUT2D eigenvalue weighted by molar-refractivity contribution is 6.04. The first kappa shape index (κ1) is 13.3. The van der Waals surface area contributed by atoms with E-state index in [1.54, 1.807) is 6.07 Å². The summed E-state index contributed by atoms with van der Waals surface area (Å²) in [6.07, 6.45) is 0.888. The van der Waals surface area contributed by atoms with Gasteiger partial charge in [0.2, 0.25) is 0 Å². The Balaban J connectivity index is 2.20. The Kier molecular flexibility index (Phi) is 4.31. The highest BCUT2D eigenvalue weighted by atomic mass is 16.1. The number of rotatable bonds is 4. The summed E-state index contributed by atoms with van der Waals surface area (Å²) in [5.74, 6) is -0.101. The average molecular weight is 254 g/mol. The Bertz CT molecular complexity index is 578. The van der Waals surface area contributed by atoms with Gasteiger partial charge in [0.05, 0.1) is 0 Å². The van der Waals surface area contributed by atoms with Gasteiger partial charge in [-0.2, -0.15) is 0 Å². The van der Waals surface area contributed by atoms with E-state index in [0.29, 0.717) is 12.1 Å². The number of aryl methyl sites for hydroxylation is 1. The number of para-hydroxylation sites is 1. The summed E-state index contributed by atoms with van der Waals surface area (Å²) in [7, 11) is 0. The number of amides is 1. The van der Waals surface area contributed by atoms with Crippen LogP contribution in [0.3, 0.4) is 0 Å². The van der Waals surface area contributed by atoms with Crippen molar-refractivity contribution >= 4 is 11.6 Å². The van der Waals surface area contributed by atoms with Crippen molar-refractivity contribution in [3.05, 3.63) is 65.2 Å². The van der Waals surface area contributed by atoms with Crippen molar-refractivity contribution in [1.82, 2.24) is 0 Å². The third-order valence-corrected chi connectivity index (χ3v) is 3.07. The number of hydrogen-bond acceptors (Lipinski definition) is 2. The Morgan fingerprint density at radius 2 is 1.95 bits per heavy atom. The minimum absolute atomic E-state index is 0.101. The topological polar surface area (TPSA) is 55.1 Å². The molecular formula is C16H18N2O. The van der Waals surface area contributed by atoms with Crippen LogP contribution in [0, 0.1) is 0 Å². The molecule has 0 bridgehead atoms. The van der Waals surface area contributed by atoms with Crippen molar-refractivity contribution in [2.75, 3.05) is 5.32 Å². The molecule has 3 nitrogen and oxygen atoms in total. The van der Waals surface area contributed by atoms with Crippen LogP contribution in [0.1, 0.15) is 28.4 Å². The molecule has 0 radical (unpaired) electrons. The molecule has 0 heterocycles. The fourth-order valence-electron chi connectivity index (χ4n) is 1.98. The SMILES string of the molecule is CCc1ccccc1NC(=O)c1cccc(CN)c1. The number of nitrogens with one attached hydrogen (secondary N) is 1. The van der Waals surface area contributed by atoms with Crippen LogP contribution in [0.2, 0.25) is 0 Å². The predicted octanol–water partition coefficient (Wildman–Crippen LogP) is 2.96. The fourth-order valence-corrected chi connectivity index (χ4v) is 1.98. The van der Waals surface area contributed by atoms with E-state index in [2.05, 4.69) is 12.2 Å². The van der Waals surface area contributed by atoms with E-state index < -0.39 is 0 Å². The van der Waals surface area contributed by atoms with Gasteiger partial charge >= 0.3 is 0 Å². The van der Waals surface area contributed by atoms with Crippen LogP contribution in [0.5, 0.6) is 0 Å². The molecule has 2 aromatic rings. The predicted molar refractivity (Wildman–Crippen MR) is 78.1 cm³/mol.